The van der Waals surface area contributed by atoms with Gasteiger partial charge in [0.2, 0.25) is 0 Å². The molecule has 0 heterocycles. The Labute approximate surface area is 193 Å². The summed E-state index contributed by atoms with van der Waals surface area (Å²) in [7, 11) is 1.48. The number of methoxy groups -OCH3 is 1. The molecule has 0 aromatic carbocycles. The van der Waals surface area contributed by atoms with Gasteiger partial charge in [-0.15, -0.1) is 0 Å². The van der Waals surface area contributed by atoms with Crippen LogP contribution in [0.1, 0.15) is 91.4 Å². The fraction of sp³-hybridized carbons (Fsp3) is 0.885. The molecule has 8 atom stereocenters. The number of esters is 1. The second kappa shape index (κ2) is 8.98. The molecule has 0 aliphatic heterocycles. The van der Waals surface area contributed by atoms with Crippen molar-refractivity contribution in [3.63, 3.8) is 0 Å². The SMILES string of the molecule is COC(=O)CC[C@H](C)[C@H]1CC[C@@H]2[C@H]3/C(=N\NC(N)=O)C[C@@H]4CCCC[C@]4(C)[C@H]3CC[C@@]21C. The number of nitrogens with one attached hydrogen (secondary N) is 1. The van der Waals surface area contributed by atoms with Crippen molar-refractivity contribution in [2.45, 2.75) is 91.4 Å². The van der Waals surface area contributed by atoms with Gasteiger partial charge in [-0.25, -0.2) is 10.2 Å². The maximum Gasteiger partial charge on any atom is 0.332 e. The Balaban J connectivity index is 1.61. The lowest BCUT2D eigenvalue weighted by Crippen LogP contribution is -2.56. The number of primary amides is 1. The Morgan fingerprint density at radius 1 is 1.12 bits per heavy atom. The number of carbonyl (C=O) groups excluding carboxylic acids is 2. The van der Waals surface area contributed by atoms with E-state index in [4.69, 9.17) is 10.5 Å². The van der Waals surface area contributed by atoms with Gasteiger partial charge in [-0.1, -0.05) is 33.6 Å². The van der Waals surface area contributed by atoms with Crippen molar-refractivity contribution in [3.8, 4) is 0 Å². The summed E-state index contributed by atoms with van der Waals surface area (Å²) in [5.41, 5.74) is 9.87. The normalized spacial score (nSPS) is 43.0. The van der Waals surface area contributed by atoms with E-state index >= 15 is 0 Å². The van der Waals surface area contributed by atoms with Crippen LogP contribution in [0.2, 0.25) is 0 Å². The Hall–Kier alpha value is -1.59. The highest BCUT2D eigenvalue weighted by Crippen LogP contribution is 2.67. The monoisotopic (exact) mass is 445 g/mol. The number of rotatable bonds is 5. The Morgan fingerprint density at radius 2 is 1.88 bits per heavy atom. The van der Waals surface area contributed by atoms with Crippen LogP contribution < -0.4 is 11.2 Å². The number of carbonyl (C=O) groups is 2. The first-order valence-electron chi connectivity index (χ1n) is 12.9. The third kappa shape index (κ3) is 3.96. The van der Waals surface area contributed by atoms with E-state index in [9.17, 15) is 9.59 Å². The largest absolute Gasteiger partial charge is 0.469 e. The van der Waals surface area contributed by atoms with Crippen molar-refractivity contribution in [3.05, 3.63) is 0 Å². The summed E-state index contributed by atoms with van der Waals surface area (Å²) in [6.07, 6.45) is 12.7. The van der Waals surface area contributed by atoms with E-state index in [1.807, 2.05) is 0 Å². The van der Waals surface area contributed by atoms with Gasteiger partial charge in [-0.2, -0.15) is 5.10 Å². The Kier molecular flexibility index (Phi) is 6.61. The highest BCUT2D eigenvalue weighted by molar-refractivity contribution is 5.90. The number of hydrogen-bond donors (Lipinski definition) is 2. The molecular formula is C26H43N3O3. The average molecular weight is 446 g/mol. The van der Waals surface area contributed by atoms with E-state index in [1.165, 1.54) is 64.2 Å². The molecule has 6 heteroatoms. The predicted octanol–water partition coefficient (Wildman–Crippen LogP) is 5.26. The number of ether oxygens (including phenoxy) is 1. The predicted molar refractivity (Wildman–Crippen MR) is 126 cm³/mol. The van der Waals surface area contributed by atoms with E-state index in [0.29, 0.717) is 47.3 Å². The lowest BCUT2D eigenvalue weighted by atomic mass is 9.44. The van der Waals surface area contributed by atoms with Gasteiger partial charge in [0.1, 0.15) is 0 Å². The zero-order valence-electron chi connectivity index (χ0n) is 20.5. The minimum atomic E-state index is -0.565. The van der Waals surface area contributed by atoms with Crippen LogP contribution in [0.15, 0.2) is 5.10 Å². The lowest BCUT2D eigenvalue weighted by Gasteiger charge is -2.61. The zero-order valence-corrected chi connectivity index (χ0v) is 20.5. The van der Waals surface area contributed by atoms with Crippen LogP contribution in [0.5, 0.6) is 0 Å². The smallest absolute Gasteiger partial charge is 0.332 e. The van der Waals surface area contributed by atoms with Gasteiger partial charge in [0.15, 0.2) is 0 Å². The van der Waals surface area contributed by atoms with Crippen molar-refractivity contribution in [1.82, 2.24) is 5.43 Å². The molecule has 180 valence electrons. The summed E-state index contributed by atoms with van der Waals surface area (Å²) in [5, 5.41) is 4.65. The molecule has 4 rings (SSSR count). The fourth-order valence-electron chi connectivity index (χ4n) is 8.86. The summed E-state index contributed by atoms with van der Waals surface area (Å²) in [6, 6.07) is -0.565. The van der Waals surface area contributed by atoms with Gasteiger partial charge in [0.05, 0.1) is 7.11 Å². The molecule has 4 fully saturated rings. The van der Waals surface area contributed by atoms with Crippen LogP contribution >= 0.6 is 0 Å². The minimum absolute atomic E-state index is 0.101. The number of hydrogen-bond acceptors (Lipinski definition) is 4. The van der Waals surface area contributed by atoms with E-state index < -0.39 is 6.03 Å². The quantitative estimate of drug-likeness (QED) is 0.446. The van der Waals surface area contributed by atoms with Gasteiger partial charge in [-0.05, 0) is 91.8 Å². The van der Waals surface area contributed by atoms with Crippen molar-refractivity contribution >= 4 is 17.7 Å². The molecule has 0 unspecified atom stereocenters. The summed E-state index contributed by atoms with van der Waals surface area (Å²) >= 11 is 0. The molecule has 0 bridgehead atoms. The molecule has 4 aliphatic rings. The third-order valence-corrected chi connectivity index (χ3v) is 10.5. The second-order valence-corrected chi connectivity index (χ2v) is 11.8. The second-order valence-electron chi connectivity index (χ2n) is 11.8. The average Bonchev–Trinajstić information content (AvgIpc) is 3.12. The molecule has 4 aliphatic carbocycles. The summed E-state index contributed by atoms with van der Waals surface area (Å²) in [4.78, 5) is 23.2. The van der Waals surface area contributed by atoms with Crippen LogP contribution in [0.3, 0.4) is 0 Å². The number of amides is 2. The summed E-state index contributed by atoms with van der Waals surface area (Å²) in [6.45, 7) is 7.39. The van der Waals surface area contributed by atoms with Crippen LogP contribution in [0, 0.1) is 46.3 Å². The van der Waals surface area contributed by atoms with E-state index in [1.54, 1.807) is 0 Å². The highest BCUT2D eigenvalue weighted by atomic mass is 16.5. The number of nitrogens with two attached hydrogens (primary N) is 1. The summed E-state index contributed by atoms with van der Waals surface area (Å²) in [5.74, 6) is 3.39. The van der Waals surface area contributed by atoms with Crippen LogP contribution in [0.25, 0.3) is 0 Å². The topological polar surface area (TPSA) is 93.8 Å². The fourth-order valence-corrected chi connectivity index (χ4v) is 8.86. The molecule has 32 heavy (non-hydrogen) atoms. The number of nitrogens with zero attached hydrogens (tertiary/aromatic N) is 1. The molecule has 0 spiro atoms. The highest BCUT2D eigenvalue weighted by Gasteiger charge is 2.62. The zero-order chi connectivity index (χ0) is 23.1. The van der Waals surface area contributed by atoms with Crippen molar-refractivity contribution < 1.29 is 14.3 Å². The maximum atomic E-state index is 11.7. The number of urea groups is 1. The lowest BCUT2D eigenvalue weighted by molar-refractivity contribution is -0.141. The van der Waals surface area contributed by atoms with Gasteiger partial charge >= 0.3 is 12.0 Å². The molecule has 0 aromatic rings. The van der Waals surface area contributed by atoms with Crippen molar-refractivity contribution in [2.75, 3.05) is 7.11 Å². The number of hydrazone groups is 1. The third-order valence-electron chi connectivity index (χ3n) is 10.5. The van der Waals surface area contributed by atoms with Crippen LogP contribution in [0.4, 0.5) is 4.79 Å². The molecule has 0 saturated heterocycles. The first kappa shape index (κ1) is 23.6. The van der Waals surface area contributed by atoms with Gasteiger partial charge in [0, 0.05) is 18.1 Å². The number of fused-ring (bicyclic) bond motifs is 5. The van der Waals surface area contributed by atoms with E-state index in [0.717, 1.165) is 12.8 Å². The molecular weight excluding hydrogens is 402 g/mol. The Morgan fingerprint density at radius 3 is 2.59 bits per heavy atom. The first-order valence-corrected chi connectivity index (χ1v) is 12.9. The summed E-state index contributed by atoms with van der Waals surface area (Å²) < 4.78 is 4.89. The van der Waals surface area contributed by atoms with E-state index in [2.05, 4.69) is 31.3 Å². The molecule has 2 amide bonds. The Bertz CT molecular complexity index is 767. The van der Waals surface area contributed by atoms with Gasteiger partial charge in [0.25, 0.3) is 0 Å². The molecule has 6 nitrogen and oxygen atoms in total. The van der Waals surface area contributed by atoms with Crippen LogP contribution in [-0.4, -0.2) is 24.8 Å². The molecule has 0 aromatic heterocycles. The minimum Gasteiger partial charge on any atom is -0.469 e. The van der Waals surface area contributed by atoms with Crippen molar-refractivity contribution in [2.24, 2.45) is 57.2 Å². The molecule has 3 N–H and O–H groups in total. The maximum absolute atomic E-state index is 11.7. The van der Waals surface area contributed by atoms with Crippen LogP contribution in [-0.2, 0) is 9.53 Å². The van der Waals surface area contributed by atoms with Gasteiger partial charge in [-0.3, -0.25) is 4.79 Å². The van der Waals surface area contributed by atoms with Gasteiger partial charge < -0.3 is 10.5 Å². The van der Waals surface area contributed by atoms with E-state index in [-0.39, 0.29) is 11.4 Å². The van der Waals surface area contributed by atoms with Crippen molar-refractivity contribution in [1.29, 1.82) is 0 Å². The molecule has 4 saturated carbocycles. The molecule has 0 radical (unpaired) electrons. The first-order chi connectivity index (χ1) is 15.2. The standard InChI is InChI=1S/C26H43N3O3/c1-16(8-11-22(30)32-4)18-9-10-19-23-20(12-14-26(18,19)3)25(2)13-6-5-7-17(25)15-21(23)28-29-24(27)31/h16-20,23H,5-15H2,1-4H3,(H3,27,29,31)/b28-21-/t16-,17-,18+,19+,20-,23+,25-,26+/m0/s1.